The van der Waals surface area contributed by atoms with E-state index >= 15 is 0 Å². The van der Waals surface area contributed by atoms with Gasteiger partial charge in [-0.25, -0.2) is 0 Å². The summed E-state index contributed by atoms with van der Waals surface area (Å²) in [7, 11) is 5.84. The third-order valence-corrected chi connectivity index (χ3v) is 2.70. The van der Waals surface area contributed by atoms with E-state index in [0.717, 1.165) is 12.2 Å². The fourth-order valence-corrected chi connectivity index (χ4v) is 1.85. The zero-order valence-electron chi connectivity index (χ0n) is 10.6. The van der Waals surface area contributed by atoms with E-state index in [9.17, 15) is 0 Å². The summed E-state index contributed by atoms with van der Waals surface area (Å²) in [6.45, 7) is 2.04. The minimum atomic E-state index is 0.193. The molecule has 16 heavy (non-hydrogen) atoms. The molecule has 0 aliphatic carbocycles. The summed E-state index contributed by atoms with van der Waals surface area (Å²) >= 11 is 0. The maximum Gasteiger partial charge on any atom is 0.119 e. The van der Waals surface area contributed by atoms with Gasteiger partial charge < -0.3 is 15.4 Å². The molecule has 0 fully saturated rings. The summed E-state index contributed by atoms with van der Waals surface area (Å²) in [6.07, 6.45) is 0.945. The third-order valence-electron chi connectivity index (χ3n) is 2.70. The topological polar surface area (TPSA) is 38.5 Å². The summed E-state index contributed by atoms with van der Waals surface area (Å²) in [6, 6.07) is 8.71. The highest BCUT2D eigenvalue weighted by Crippen LogP contribution is 2.25. The molecule has 0 bridgehead atoms. The third kappa shape index (κ3) is 3.51. The van der Waals surface area contributed by atoms with Gasteiger partial charge in [-0.3, -0.25) is 0 Å². The van der Waals surface area contributed by atoms with Crippen molar-refractivity contribution < 1.29 is 4.74 Å². The Morgan fingerprint density at radius 1 is 1.38 bits per heavy atom. The normalized spacial score (nSPS) is 14.9. The van der Waals surface area contributed by atoms with Gasteiger partial charge in [0.15, 0.2) is 0 Å². The van der Waals surface area contributed by atoms with E-state index in [0.29, 0.717) is 6.04 Å². The minimum Gasteiger partial charge on any atom is -0.497 e. The molecular formula is C13H22N2O. The van der Waals surface area contributed by atoms with Gasteiger partial charge in [-0.15, -0.1) is 0 Å². The Bertz CT molecular complexity index is 323. The second-order valence-electron chi connectivity index (χ2n) is 4.47. The fraction of sp³-hybridized carbons (Fsp3) is 0.538. The van der Waals surface area contributed by atoms with Gasteiger partial charge in [-0.2, -0.15) is 0 Å². The maximum atomic E-state index is 5.88. The van der Waals surface area contributed by atoms with Gasteiger partial charge in [0, 0.05) is 12.1 Å². The lowest BCUT2D eigenvalue weighted by molar-refractivity contribution is 0.271. The number of benzene rings is 1. The molecule has 90 valence electrons. The van der Waals surface area contributed by atoms with Crippen LogP contribution >= 0.6 is 0 Å². The van der Waals surface area contributed by atoms with Crippen LogP contribution in [0.25, 0.3) is 0 Å². The first-order valence-electron chi connectivity index (χ1n) is 5.60. The number of nitrogens with two attached hydrogens (primary N) is 1. The first-order chi connectivity index (χ1) is 7.54. The highest BCUT2D eigenvalue weighted by atomic mass is 16.5. The predicted molar refractivity (Wildman–Crippen MR) is 67.7 cm³/mol. The number of ether oxygens (including phenoxy) is 1. The van der Waals surface area contributed by atoms with E-state index in [1.165, 1.54) is 5.56 Å². The van der Waals surface area contributed by atoms with E-state index in [1.54, 1.807) is 7.11 Å². The van der Waals surface area contributed by atoms with Gasteiger partial charge in [-0.05, 0) is 45.1 Å². The quantitative estimate of drug-likeness (QED) is 0.828. The standard InChI is InChI=1S/C13H22N2O/c1-10(14)8-13(15(2)3)11-6-5-7-12(9-11)16-4/h5-7,9-10,13H,8,14H2,1-4H3. The molecule has 2 unspecified atom stereocenters. The van der Waals surface area contributed by atoms with Crippen LogP contribution in [-0.4, -0.2) is 32.1 Å². The SMILES string of the molecule is COc1cccc(C(CC(C)N)N(C)C)c1. The average molecular weight is 222 g/mol. The van der Waals surface area contributed by atoms with Crippen molar-refractivity contribution in [2.45, 2.75) is 25.4 Å². The van der Waals surface area contributed by atoms with E-state index in [4.69, 9.17) is 10.5 Å². The molecule has 3 heteroatoms. The maximum absolute atomic E-state index is 5.88. The largest absolute Gasteiger partial charge is 0.497 e. The van der Waals surface area contributed by atoms with Crippen LogP contribution in [0.3, 0.4) is 0 Å². The van der Waals surface area contributed by atoms with Crippen LogP contribution in [0.15, 0.2) is 24.3 Å². The summed E-state index contributed by atoms with van der Waals surface area (Å²) in [4.78, 5) is 2.19. The van der Waals surface area contributed by atoms with Gasteiger partial charge in [-0.1, -0.05) is 12.1 Å². The first-order valence-corrected chi connectivity index (χ1v) is 5.60. The molecule has 0 amide bonds. The Labute approximate surface area is 98.2 Å². The second-order valence-corrected chi connectivity index (χ2v) is 4.47. The van der Waals surface area contributed by atoms with Gasteiger partial charge in [0.2, 0.25) is 0 Å². The molecule has 1 aromatic rings. The van der Waals surface area contributed by atoms with Crippen molar-refractivity contribution in [1.29, 1.82) is 0 Å². The van der Waals surface area contributed by atoms with E-state index < -0.39 is 0 Å². The highest BCUT2D eigenvalue weighted by molar-refractivity contribution is 5.30. The van der Waals surface area contributed by atoms with Crippen LogP contribution in [0.1, 0.15) is 24.9 Å². The van der Waals surface area contributed by atoms with Crippen LogP contribution in [-0.2, 0) is 0 Å². The summed E-state index contributed by atoms with van der Waals surface area (Å²) in [5.41, 5.74) is 7.13. The van der Waals surface area contributed by atoms with Crippen LogP contribution < -0.4 is 10.5 Å². The number of hydrogen-bond acceptors (Lipinski definition) is 3. The molecule has 0 aliphatic rings. The zero-order chi connectivity index (χ0) is 12.1. The van der Waals surface area contributed by atoms with Gasteiger partial charge in [0.05, 0.1) is 7.11 Å². The smallest absolute Gasteiger partial charge is 0.119 e. The molecule has 0 aliphatic heterocycles. The van der Waals surface area contributed by atoms with E-state index in [1.807, 2.05) is 19.1 Å². The lowest BCUT2D eigenvalue weighted by Gasteiger charge is -2.26. The van der Waals surface area contributed by atoms with Crippen molar-refractivity contribution in [2.24, 2.45) is 5.73 Å². The van der Waals surface area contributed by atoms with Crippen LogP contribution in [0.4, 0.5) is 0 Å². The second kappa shape index (κ2) is 5.87. The van der Waals surface area contributed by atoms with Gasteiger partial charge in [0.1, 0.15) is 5.75 Å². The van der Waals surface area contributed by atoms with Crippen molar-refractivity contribution in [3.8, 4) is 5.75 Å². The Balaban J connectivity index is 2.91. The summed E-state index contributed by atoms with van der Waals surface area (Å²) in [5, 5.41) is 0. The summed E-state index contributed by atoms with van der Waals surface area (Å²) < 4.78 is 5.24. The van der Waals surface area contributed by atoms with E-state index in [2.05, 4.69) is 31.1 Å². The molecule has 2 atom stereocenters. The molecule has 0 heterocycles. The highest BCUT2D eigenvalue weighted by Gasteiger charge is 2.16. The van der Waals surface area contributed by atoms with Crippen molar-refractivity contribution in [2.75, 3.05) is 21.2 Å². The summed E-state index contributed by atoms with van der Waals surface area (Å²) in [5.74, 6) is 0.897. The molecule has 0 radical (unpaired) electrons. The predicted octanol–water partition coefficient (Wildman–Crippen LogP) is 2.04. The molecule has 0 spiro atoms. The van der Waals surface area contributed by atoms with Crippen LogP contribution in [0.5, 0.6) is 5.75 Å². The number of methoxy groups -OCH3 is 1. The van der Waals surface area contributed by atoms with Crippen molar-refractivity contribution in [1.82, 2.24) is 4.90 Å². The molecule has 0 saturated heterocycles. The first kappa shape index (κ1) is 13.0. The van der Waals surface area contributed by atoms with Crippen LogP contribution in [0, 0.1) is 0 Å². The zero-order valence-corrected chi connectivity index (χ0v) is 10.6. The van der Waals surface area contributed by atoms with E-state index in [-0.39, 0.29) is 6.04 Å². The Morgan fingerprint density at radius 3 is 2.56 bits per heavy atom. The van der Waals surface area contributed by atoms with Crippen molar-refractivity contribution >= 4 is 0 Å². The molecule has 1 aromatic carbocycles. The Kier molecular flexibility index (Phi) is 4.77. The molecule has 0 saturated carbocycles. The Hall–Kier alpha value is -1.06. The molecule has 0 aromatic heterocycles. The van der Waals surface area contributed by atoms with Gasteiger partial charge >= 0.3 is 0 Å². The Morgan fingerprint density at radius 2 is 2.06 bits per heavy atom. The number of rotatable bonds is 5. The lowest BCUT2D eigenvalue weighted by atomic mass is 9.99. The lowest BCUT2D eigenvalue weighted by Crippen LogP contribution is -2.27. The van der Waals surface area contributed by atoms with Crippen molar-refractivity contribution in [3.63, 3.8) is 0 Å². The molecule has 2 N–H and O–H groups in total. The number of hydrogen-bond donors (Lipinski definition) is 1. The van der Waals surface area contributed by atoms with Crippen LogP contribution in [0.2, 0.25) is 0 Å². The molecule has 1 rings (SSSR count). The average Bonchev–Trinajstić information content (AvgIpc) is 2.25. The van der Waals surface area contributed by atoms with Crippen molar-refractivity contribution in [3.05, 3.63) is 29.8 Å². The fourth-order valence-electron chi connectivity index (χ4n) is 1.85. The van der Waals surface area contributed by atoms with Gasteiger partial charge in [0.25, 0.3) is 0 Å². The monoisotopic (exact) mass is 222 g/mol. The molecule has 3 nitrogen and oxygen atoms in total. The minimum absolute atomic E-state index is 0.193. The number of nitrogens with zero attached hydrogens (tertiary/aromatic N) is 1. The molecular weight excluding hydrogens is 200 g/mol.